The van der Waals surface area contributed by atoms with Gasteiger partial charge < -0.3 is 15.1 Å². The lowest BCUT2D eigenvalue weighted by atomic mass is 10.0. The topological polar surface area (TPSA) is 35.6 Å². The van der Waals surface area contributed by atoms with E-state index < -0.39 is 0 Å². The molecule has 1 N–H and O–H groups in total. The number of benzene rings is 2. The van der Waals surface area contributed by atoms with Gasteiger partial charge in [-0.2, -0.15) is 0 Å². The van der Waals surface area contributed by atoms with Gasteiger partial charge in [0.15, 0.2) is 0 Å². The highest BCUT2D eigenvalue weighted by molar-refractivity contribution is 6.30. The van der Waals surface area contributed by atoms with Gasteiger partial charge in [-0.05, 0) is 61.2 Å². The Morgan fingerprint density at radius 3 is 2.41 bits per heavy atom. The third-order valence-electron chi connectivity index (χ3n) is 5.11. The first-order valence-corrected chi connectivity index (χ1v) is 10.1. The summed E-state index contributed by atoms with van der Waals surface area (Å²) in [6, 6.07) is 14.2. The third-order valence-corrected chi connectivity index (χ3v) is 5.36. The molecule has 0 spiro atoms. The van der Waals surface area contributed by atoms with Crippen LogP contribution in [0.1, 0.15) is 30.9 Å². The first kappa shape index (κ1) is 19.6. The fraction of sp³-hybridized carbons (Fsp3) is 0.409. The number of unbranched alkanes of at least 4 members (excludes halogenated alkanes) is 1. The van der Waals surface area contributed by atoms with Gasteiger partial charge in [0.05, 0.1) is 0 Å². The molecular formula is C22H28ClN3O. The molecule has 1 saturated heterocycles. The molecule has 2 amide bonds. The highest BCUT2D eigenvalue weighted by Gasteiger charge is 2.21. The molecule has 27 heavy (non-hydrogen) atoms. The standard InChI is InChI=1S/C22H28ClN3O/c1-3-4-5-18-6-11-21(17(2)16-18)24-22(27)26-14-12-25(13-15-26)20-9-7-19(23)8-10-20/h6-11,16H,3-5,12-15H2,1-2H3,(H,24,27). The molecule has 0 aromatic heterocycles. The summed E-state index contributed by atoms with van der Waals surface area (Å²) in [5.74, 6) is 0. The molecular weight excluding hydrogens is 358 g/mol. The van der Waals surface area contributed by atoms with Crippen LogP contribution in [0.4, 0.5) is 16.2 Å². The summed E-state index contributed by atoms with van der Waals surface area (Å²) < 4.78 is 0. The van der Waals surface area contributed by atoms with Gasteiger partial charge in [-0.1, -0.05) is 37.1 Å². The van der Waals surface area contributed by atoms with Crippen LogP contribution in [-0.4, -0.2) is 37.1 Å². The zero-order valence-corrected chi connectivity index (χ0v) is 16.9. The number of amides is 2. The number of carbonyl (C=O) groups is 1. The Hall–Kier alpha value is -2.20. The smallest absolute Gasteiger partial charge is 0.321 e. The highest BCUT2D eigenvalue weighted by atomic mass is 35.5. The van der Waals surface area contributed by atoms with E-state index in [0.717, 1.165) is 41.5 Å². The molecule has 0 aliphatic carbocycles. The predicted molar refractivity (Wildman–Crippen MR) is 114 cm³/mol. The maximum atomic E-state index is 12.6. The third kappa shape index (κ3) is 5.16. The van der Waals surface area contributed by atoms with E-state index in [1.54, 1.807) is 0 Å². The molecule has 3 rings (SSSR count). The molecule has 0 radical (unpaired) electrons. The number of anilines is 2. The molecule has 0 saturated carbocycles. The van der Waals surface area contributed by atoms with Gasteiger partial charge in [0.1, 0.15) is 0 Å². The molecule has 1 aliphatic rings. The fourth-order valence-electron chi connectivity index (χ4n) is 3.42. The number of nitrogens with one attached hydrogen (secondary N) is 1. The molecule has 5 heteroatoms. The van der Waals surface area contributed by atoms with Crippen LogP contribution in [0.25, 0.3) is 0 Å². The number of hydrogen-bond donors (Lipinski definition) is 1. The minimum Gasteiger partial charge on any atom is -0.368 e. The van der Waals surface area contributed by atoms with Crippen LogP contribution in [0.2, 0.25) is 5.02 Å². The molecule has 2 aromatic rings. The van der Waals surface area contributed by atoms with Crippen molar-refractivity contribution in [1.82, 2.24) is 4.90 Å². The summed E-state index contributed by atoms with van der Waals surface area (Å²) in [5, 5.41) is 3.82. The summed E-state index contributed by atoms with van der Waals surface area (Å²) >= 11 is 5.96. The Bertz CT molecular complexity index is 768. The summed E-state index contributed by atoms with van der Waals surface area (Å²) in [6.45, 7) is 7.33. The van der Waals surface area contributed by atoms with Gasteiger partial charge >= 0.3 is 6.03 Å². The number of halogens is 1. The van der Waals surface area contributed by atoms with E-state index in [-0.39, 0.29) is 6.03 Å². The second-order valence-corrected chi connectivity index (χ2v) is 7.57. The summed E-state index contributed by atoms with van der Waals surface area (Å²) in [5.41, 5.74) is 4.51. The first-order chi connectivity index (χ1) is 13.1. The molecule has 4 nitrogen and oxygen atoms in total. The van der Waals surface area contributed by atoms with Crippen LogP contribution in [0.5, 0.6) is 0 Å². The summed E-state index contributed by atoms with van der Waals surface area (Å²) in [4.78, 5) is 16.8. The lowest BCUT2D eigenvalue weighted by Crippen LogP contribution is -2.50. The van der Waals surface area contributed by atoms with Gasteiger partial charge in [0, 0.05) is 42.6 Å². The van der Waals surface area contributed by atoms with Crippen LogP contribution in [0, 0.1) is 6.92 Å². The Labute approximate surface area is 167 Å². The van der Waals surface area contributed by atoms with Gasteiger partial charge in [-0.25, -0.2) is 4.79 Å². The number of aryl methyl sites for hydroxylation is 2. The molecule has 1 heterocycles. The average Bonchev–Trinajstić information content (AvgIpc) is 2.69. The summed E-state index contributed by atoms with van der Waals surface area (Å²) in [7, 11) is 0. The van der Waals surface area contributed by atoms with Crippen molar-refractivity contribution in [3.63, 3.8) is 0 Å². The Morgan fingerprint density at radius 1 is 1.07 bits per heavy atom. The van der Waals surface area contributed by atoms with Crippen molar-refractivity contribution >= 4 is 29.0 Å². The van der Waals surface area contributed by atoms with E-state index in [1.807, 2.05) is 35.2 Å². The van der Waals surface area contributed by atoms with E-state index in [9.17, 15) is 4.79 Å². The number of carbonyl (C=O) groups excluding carboxylic acids is 1. The van der Waals surface area contributed by atoms with Crippen LogP contribution < -0.4 is 10.2 Å². The highest BCUT2D eigenvalue weighted by Crippen LogP contribution is 2.21. The minimum absolute atomic E-state index is 0.0184. The normalized spacial score (nSPS) is 14.3. The fourth-order valence-corrected chi connectivity index (χ4v) is 3.54. The van der Waals surface area contributed by atoms with Crippen molar-refractivity contribution in [3.05, 3.63) is 58.6 Å². The number of rotatable bonds is 5. The van der Waals surface area contributed by atoms with Gasteiger partial charge in [0.2, 0.25) is 0 Å². The Kier molecular flexibility index (Phi) is 6.62. The van der Waals surface area contributed by atoms with Crippen LogP contribution in [0.15, 0.2) is 42.5 Å². The van der Waals surface area contributed by atoms with E-state index in [0.29, 0.717) is 13.1 Å². The number of piperazine rings is 1. The van der Waals surface area contributed by atoms with Crippen molar-refractivity contribution in [2.24, 2.45) is 0 Å². The molecule has 144 valence electrons. The predicted octanol–water partition coefficient (Wildman–Crippen LogP) is 5.35. The zero-order chi connectivity index (χ0) is 19.2. The first-order valence-electron chi connectivity index (χ1n) is 9.73. The minimum atomic E-state index is -0.0184. The molecule has 2 aromatic carbocycles. The van der Waals surface area contributed by atoms with Crippen molar-refractivity contribution in [2.45, 2.75) is 33.1 Å². The van der Waals surface area contributed by atoms with Crippen molar-refractivity contribution in [3.8, 4) is 0 Å². The SMILES string of the molecule is CCCCc1ccc(NC(=O)N2CCN(c3ccc(Cl)cc3)CC2)c(C)c1. The van der Waals surface area contributed by atoms with E-state index in [1.165, 1.54) is 18.4 Å². The van der Waals surface area contributed by atoms with Crippen LogP contribution in [0.3, 0.4) is 0 Å². The maximum Gasteiger partial charge on any atom is 0.321 e. The van der Waals surface area contributed by atoms with Gasteiger partial charge in [0.25, 0.3) is 0 Å². The van der Waals surface area contributed by atoms with Crippen LogP contribution >= 0.6 is 11.6 Å². The van der Waals surface area contributed by atoms with Crippen LogP contribution in [-0.2, 0) is 6.42 Å². The monoisotopic (exact) mass is 385 g/mol. The Balaban J connectivity index is 1.54. The van der Waals surface area contributed by atoms with Crippen molar-refractivity contribution in [1.29, 1.82) is 0 Å². The molecule has 1 aliphatic heterocycles. The van der Waals surface area contributed by atoms with Crippen molar-refractivity contribution < 1.29 is 4.79 Å². The average molecular weight is 386 g/mol. The largest absolute Gasteiger partial charge is 0.368 e. The van der Waals surface area contributed by atoms with E-state index in [4.69, 9.17) is 11.6 Å². The Morgan fingerprint density at radius 2 is 1.78 bits per heavy atom. The molecule has 0 unspecified atom stereocenters. The lowest BCUT2D eigenvalue weighted by molar-refractivity contribution is 0.208. The molecule has 1 fully saturated rings. The number of urea groups is 1. The number of nitrogens with zero attached hydrogens (tertiary/aromatic N) is 2. The van der Waals surface area contributed by atoms with Crippen molar-refractivity contribution in [2.75, 3.05) is 36.4 Å². The maximum absolute atomic E-state index is 12.6. The quantitative estimate of drug-likeness (QED) is 0.753. The van der Waals surface area contributed by atoms with Gasteiger partial charge in [-0.3, -0.25) is 0 Å². The van der Waals surface area contributed by atoms with Gasteiger partial charge in [-0.15, -0.1) is 0 Å². The second kappa shape index (κ2) is 9.14. The second-order valence-electron chi connectivity index (χ2n) is 7.13. The molecule has 0 atom stereocenters. The number of hydrogen-bond acceptors (Lipinski definition) is 2. The lowest BCUT2D eigenvalue weighted by Gasteiger charge is -2.36. The van der Waals surface area contributed by atoms with E-state index in [2.05, 4.69) is 36.2 Å². The molecule has 0 bridgehead atoms. The van der Waals surface area contributed by atoms with E-state index >= 15 is 0 Å². The summed E-state index contributed by atoms with van der Waals surface area (Å²) in [6.07, 6.45) is 3.49. The zero-order valence-electron chi connectivity index (χ0n) is 16.2.